The second kappa shape index (κ2) is 7.62. The molecule has 4 rings (SSSR count). The number of amides is 1. The molecule has 2 N–H and O–H groups in total. The minimum atomic E-state index is -4.45. The van der Waals surface area contributed by atoms with Gasteiger partial charge in [-0.1, -0.05) is 47.6 Å². The van der Waals surface area contributed by atoms with Crippen molar-refractivity contribution in [3.05, 3.63) is 82.6 Å². The van der Waals surface area contributed by atoms with E-state index in [0.29, 0.717) is 29.3 Å². The lowest BCUT2D eigenvalue weighted by Crippen LogP contribution is -2.35. The molecule has 0 saturated carbocycles. The maximum Gasteiger partial charge on any atom is 0.416 e. The maximum atomic E-state index is 13.1. The van der Waals surface area contributed by atoms with Gasteiger partial charge in [0.2, 0.25) is 5.95 Å². The van der Waals surface area contributed by atoms with Crippen LogP contribution in [0.15, 0.2) is 65.9 Å². The Balaban J connectivity index is 1.67. The van der Waals surface area contributed by atoms with Crippen LogP contribution in [-0.2, 0) is 17.5 Å². The summed E-state index contributed by atoms with van der Waals surface area (Å²) in [6, 6.07) is 13.2. The Hall–Kier alpha value is -3.69. The molecule has 1 atom stereocenters. The van der Waals surface area contributed by atoms with E-state index in [1.54, 1.807) is 6.92 Å². The SMILES string of the molecule is CC1=C(C(=O)NCc2ccccc2)[C@@H](c2ccc(C(F)(F)F)cc2)n2nnnc2N1. The molecule has 2 aromatic carbocycles. The van der Waals surface area contributed by atoms with E-state index >= 15 is 0 Å². The quantitative estimate of drug-likeness (QED) is 0.684. The van der Waals surface area contributed by atoms with Crippen LogP contribution in [0.4, 0.5) is 19.1 Å². The first-order valence-corrected chi connectivity index (χ1v) is 9.09. The van der Waals surface area contributed by atoms with Crippen molar-refractivity contribution in [3.8, 4) is 0 Å². The average Bonchev–Trinajstić information content (AvgIpc) is 3.19. The number of fused-ring (bicyclic) bond motifs is 1. The second-order valence-corrected chi connectivity index (χ2v) is 6.80. The number of carbonyl (C=O) groups excluding carboxylic acids is 1. The lowest BCUT2D eigenvalue weighted by molar-refractivity contribution is -0.137. The number of alkyl halides is 3. The Morgan fingerprint density at radius 2 is 1.83 bits per heavy atom. The van der Waals surface area contributed by atoms with Crippen molar-refractivity contribution in [2.45, 2.75) is 25.7 Å². The largest absolute Gasteiger partial charge is 0.416 e. The van der Waals surface area contributed by atoms with Gasteiger partial charge in [-0.25, -0.2) is 0 Å². The third kappa shape index (κ3) is 3.76. The molecule has 0 unspecified atom stereocenters. The number of nitrogens with zero attached hydrogens (tertiary/aromatic N) is 4. The molecule has 1 aliphatic rings. The van der Waals surface area contributed by atoms with Crippen molar-refractivity contribution >= 4 is 11.9 Å². The highest BCUT2D eigenvalue weighted by atomic mass is 19.4. The van der Waals surface area contributed by atoms with Gasteiger partial charge >= 0.3 is 6.18 Å². The van der Waals surface area contributed by atoms with Crippen molar-refractivity contribution in [1.82, 2.24) is 25.5 Å². The van der Waals surface area contributed by atoms with Gasteiger partial charge < -0.3 is 10.6 Å². The molecule has 10 heteroatoms. The van der Waals surface area contributed by atoms with E-state index in [0.717, 1.165) is 17.7 Å². The summed E-state index contributed by atoms with van der Waals surface area (Å²) in [5.74, 6) is -0.0630. The predicted molar refractivity (Wildman–Crippen MR) is 102 cm³/mol. The molecule has 0 bridgehead atoms. The monoisotopic (exact) mass is 414 g/mol. The number of rotatable bonds is 4. The molecule has 1 amide bonds. The zero-order valence-corrected chi connectivity index (χ0v) is 15.8. The van der Waals surface area contributed by atoms with Crippen LogP contribution in [0, 0.1) is 0 Å². The molecule has 0 saturated heterocycles. The molecule has 0 fully saturated rings. The van der Waals surface area contributed by atoms with Crippen LogP contribution in [0.1, 0.15) is 29.7 Å². The standard InChI is InChI=1S/C20H17F3N6O/c1-12-16(18(30)24-11-13-5-3-2-4-6-13)17(29-19(25-12)26-27-28-29)14-7-9-15(10-8-14)20(21,22)23/h2-10,17H,11H2,1H3,(H,24,30)(H,25,26,28)/t17-/m1/s1. The molecule has 0 radical (unpaired) electrons. The van der Waals surface area contributed by atoms with E-state index < -0.39 is 17.8 Å². The Morgan fingerprint density at radius 3 is 2.50 bits per heavy atom. The van der Waals surface area contributed by atoms with Crippen LogP contribution in [0.3, 0.4) is 0 Å². The third-order valence-electron chi connectivity index (χ3n) is 4.81. The van der Waals surface area contributed by atoms with Gasteiger partial charge in [0.1, 0.15) is 6.04 Å². The molecule has 7 nitrogen and oxygen atoms in total. The van der Waals surface area contributed by atoms with Crippen molar-refractivity contribution in [2.75, 3.05) is 5.32 Å². The number of anilines is 1. The summed E-state index contributed by atoms with van der Waals surface area (Å²) >= 11 is 0. The topological polar surface area (TPSA) is 84.7 Å². The van der Waals surface area contributed by atoms with E-state index in [2.05, 4.69) is 26.2 Å². The van der Waals surface area contributed by atoms with Gasteiger partial charge in [0, 0.05) is 12.2 Å². The van der Waals surface area contributed by atoms with Gasteiger partial charge in [-0.05, 0) is 40.6 Å². The van der Waals surface area contributed by atoms with Crippen molar-refractivity contribution < 1.29 is 18.0 Å². The molecule has 30 heavy (non-hydrogen) atoms. The fourth-order valence-electron chi connectivity index (χ4n) is 3.34. The number of benzene rings is 2. The fraction of sp³-hybridized carbons (Fsp3) is 0.200. The van der Waals surface area contributed by atoms with Gasteiger partial charge in [-0.3, -0.25) is 4.79 Å². The number of nitrogens with one attached hydrogen (secondary N) is 2. The number of hydrogen-bond acceptors (Lipinski definition) is 5. The Morgan fingerprint density at radius 1 is 1.13 bits per heavy atom. The molecule has 1 aromatic heterocycles. The summed E-state index contributed by atoms with van der Waals surface area (Å²) < 4.78 is 40.3. The van der Waals surface area contributed by atoms with E-state index in [-0.39, 0.29) is 5.91 Å². The first-order valence-electron chi connectivity index (χ1n) is 9.09. The predicted octanol–water partition coefficient (Wildman–Crippen LogP) is 3.30. The number of tetrazole rings is 1. The summed E-state index contributed by atoms with van der Waals surface area (Å²) in [5, 5.41) is 17.2. The number of aromatic nitrogens is 4. The summed E-state index contributed by atoms with van der Waals surface area (Å²) in [6.45, 7) is 2.01. The summed E-state index contributed by atoms with van der Waals surface area (Å²) in [4.78, 5) is 13.1. The van der Waals surface area contributed by atoms with Crippen LogP contribution in [0.5, 0.6) is 0 Å². The summed E-state index contributed by atoms with van der Waals surface area (Å²) in [5.41, 5.74) is 1.45. The van der Waals surface area contributed by atoms with Gasteiger partial charge in [0.25, 0.3) is 5.91 Å². The molecular formula is C20H17F3N6O. The number of hydrogen-bond donors (Lipinski definition) is 2. The Bertz CT molecular complexity index is 1090. The first-order chi connectivity index (χ1) is 14.3. The molecule has 0 spiro atoms. The highest BCUT2D eigenvalue weighted by molar-refractivity contribution is 5.96. The van der Waals surface area contributed by atoms with Gasteiger partial charge in [-0.2, -0.15) is 17.9 Å². The van der Waals surface area contributed by atoms with Crippen LogP contribution in [0.2, 0.25) is 0 Å². The van der Waals surface area contributed by atoms with Gasteiger partial charge in [0.15, 0.2) is 0 Å². The summed E-state index contributed by atoms with van der Waals surface area (Å²) in [6.07, 6.45) is -4.45. The highest BCUT2D eigenvalue weighted by Gasteiger charge is 2.35. The minimum Gasteiger partial charge on any atom is -0.348 e. The van der Waals surface area contributed by atoms with Crippen LogP contribution in [0.25, 0.3) is 0 Å². The molecule has 3 aromatic rings. The normalized spacial score (nSPS) is 16.1. The highest BCUT2D eigenvalue weighted by Crippen LogP contribution is 2.36. The van der Waals surface area contributed by atoms with Gasteiger partial charge in [0.05, 0.1) is 11.1 Å². The Kier molecular flexibility index (Phi) is 4.98. The molecule has 2 heterocycles. The number of allylic oxidation sites excluding steroid dienone is 1. The molecular weight excluding hydrogens is 397 g/mol. The van der Waals surface area contributed by atoms with Crippen molar-refractivity contribution in [2.24, 2.45) is 0 Å². The Labute approximate surface area is 169 Å². The van der Waals surface area contributed by atoms with Crippen molar-refractivity contribution in [1.29, 1.82) is 0 Å². The zero-order valence-electron chi connectivity index (χ0n) is 15.8. The summed E-state index contributed by atoms with van der Waals surface area (Å²) in [7, 11) is 0. The molecule has 0 aliphatic carbocycles. The van der Waals surface area contributed by atoms with Crippen LogP contribution < -0.4 is 10.6 Å². The number of carbonyl (C=O) groups is 1. The number of halogens is 3. The smallest absolute Gasteiger partial charge is 0.348 e. The second-order valence-electron chi connectivity index (χ2n) is 6.80. The van der Waals surface area contributed by atoms with E-state index in [1.165, 1.54) is 16.8 Å². The molecule has 1 aliphatic heterocycles. The maximum absolute atomic E-state index is 13.1. The van der Waals surface area contributed by atoms with E-state index in [1.807, 2.05) is 30.3 Å². The molecule has 154 valence electrons. The zero-order chi connectivity index (χ0) is 21.3. The third-order valence-corrected chi connectivity index (χ3v) is 4.81. The van der Waals surface area contributed by atoms with Crippen LogP contribution in [-0.4, -0.2) is 26.1 Å². The lowest BCUT2D eigenvalue weighted by Gasteiger charge is -2.28. The van der Waals surface area contributed by atoms with Crippen LogP contribution >= 0.6 is 0 Å². The lowest BCUT2D eigenvalue weighted by atomic mass is 9.94. The first kappa shape index (κ1) is 19.6. The van der Waals surface area contributed by atoms with Gasteiger partial charge in [-0.15, -0.1) is 0 Å². The average molecular weight is 414 g/mol. The fourth-order valence-corrected chi connectivity index (χ4v) is 3.34. The van der Waals surface area contributed by atoms with E-state index in [4.69, 9.17) is 0 Å². The van der Waals surface area contributed by atoms with E-state index in [9.17, 15) is 18.0 Å². The van der Waals surface area contributed by atoms with Crippen molar-refractivity contribution in [3.63, 3.8) is 0 Å². The minimum absolute atomic E-state index is 0.303.